The molecule has 0 aliphatic carbocycles. The molecule has 9 heavy (non-hydrogen) atoms. The fraction of sp³-hybridized carbons (Fsp3) is 1.00. The molecule has 0 aromatic carbocycles. The van der Waals surface area contributed by atoms with Crippen LogP contribution in [0.5, 0.6) is 0 Å². The second-order valence-electron chi connectivity index (χ2n) is 2.21. The Balaban J connectivity index is 2.23. The van der Waals surface area contributed by atoms with E-state index < -0.39 is 0 Å². The van der Waals surface area contributed by atoms with Crippen LogP contribution in [-0.2, 0) is 9.47 Å². The first-order valence-electron chi connectivity index (χ1n) is 3.15. The van der Waals surface area contributed by atoms with Crippen molar-refractivity contribution in [2.75, 3.05) is 13.7 Å². The molecular formula is C6H12O3. The van der Waals surface area contributed by atoms with Gasteiger partial charge >= 0.3 is 0 Å². The van der Waals surface area contributed by atoms with Gasteiger partial charge in [-0.3, -0.25) is 0 Å². The van der Waals surface area contributed by atoms with Crippen LogP contribution in [0.4, 0.5) is 0 Å². The first kappa shape index (κ1) is 6.99. The molecule has 3 nitrogen and oxygen atoms in total. The number of ether oxygens (including phenoxy) is 2. The lowest BCUT2D eigenvalue weighted by atomic mass is 10.1. The molecule has 54 valence electrons. The number of methoxy groups -OCH3 is 1. The quantitative estimate of drug-likeness (QED) is 0.551. The number of aliphatic hydroxyl groups excluding tert-OH is 1. The molecule has 1 heterocycles. The largest absolute Gasteiger partial charge is 0.393 e. The smallest absolute Gasteiger partial charge is 0.159 e. The summed E-state index contributed by atoms with van der Waals surface area (Å²) >= 11 is 0. The van der Waals surface area contributed by atoms with Crippen LogP contribution in [0, 0.1) is 0 Å². The van der Waals surface area contributed by atoms with Gasteiger partial charge in [0.1, 0.15) is 0 Å². The van der Waals surface area contributed by atoms with Gasteiger partial charge in [0.25, 0.3) is 0 Å². The summed E-state index contributed by atoms with van der Waals surface area (Å²) in [6.45, 7) is 0.611. The summed E-state index contributed by atoms with van der Waals surface area (Å²) < 4.78 is 9.99. The van der Waals surface area contributed by atoms with E-state index in [4.69, 9.17) is 14.6 Å². The Hall–Kier alpha value is -0.120. The first-order chi connectivity index (χ1) is 4.33. The zero-order valence-electron chi connectivity index (χ0n) is 5.54. The Kier molecular flexibility index (Phi) is 2.45. The highest BCUT2D eigenvalue weighted by atomic mass is 16.7. The topological polar surface area (TPSA) is 38.7 Å². The molecule has 0 radical (unpaired) electrons. The van der Waals surface area contributed by atoms with Crippen molar-refractivity contribution in [2.45, 2.75) is 25.2 Å². The van der Waals surface area contributed by atoms with Crippen LogP contribution in [0.25, 0.3) is 0 Å². The molecule has 1 aliphatic rings. The van der Waals surface area contributed by atoms with Crippen LogP contribution in [-0.4, -0.2) is 31.2 Å². The van der Waals surface area contributed by atoms with Crippen molar-refractivity contribution in [3.63, 3.8) is 0 Å². The molecule has 0 aromatic heterocycles. The monoisotopic (exact) mass is 132 g/mol. The molecule has 0 spiro atoms. The van der Waals surface area contributed by atoms with Gasteiger partial charge in [0, 0.05) is 13.5 Å². The maximum Gasteiger partial charge on any atom is 0.159 e. The molecule has 1 saturated heterocycles. The predicted molar refractivity (Wildman–Crippen MR) is 32.0 cm³/mol. The fourth-order valence-electron chi connectivity index (χ4n) is 0.908. The van der Waals surface area contributed by atoms with Crippen molar-refractivity contribution in [3.05, 3.63) is 0 Å². The van der Waals surface area contributed by atoms with Gasteiger partial charge in [-0.2, -0.15) is 0 Å². The van der Waals surface area contributed by atoms with E-state index in [-0.39, 0.29) is 12.4 Å². The molecular weight excluding hydrogens is 120 g/mol. The molecule has 1 rings (SSSR count). The Morgan fingerprint density at radius 3 is 2.89 bits per heavy atom. The van der Waals surface area contributed by atoms with Gasteiger partial charge in [0.05, 0.1) is 12.7 Å². The molecule has 1 aliphatic heterocycles. The summed E-state index contributed by atoms with van der Waals surface area (Å²) in [6.07, 6.45) is 0.925. The molecule has 0 bridgehead atoms. The number of hydrogen-bond acceptors (Lipinski definition) is 3. The lowest BCUT2D eigenvalue weighted by molar-refractivity contribution is -0.170. The van der Waals surface area contributed by atoms with Gasteiger partial charge in [-0.05, 0) is 6.42 Å². The van der Waals surface area contributed by atoms with E-state index in [9.17, 15) is 0 Å². The van der Waals surface area contributed by atoms with Crippen molar-refractivity contribution in [2.24, 2.45) is 0 Å². The van der Waals surface area contributed by atoms with E-state index in [1.54, 1.807) is 7.11 Å². The minimum atomic E-state index is -0.233. The van der Waals surface area contributed by atoms with E-state index in [2.05, 4.69) is 0 Å². The molecule has 1 N–H and O–H groups in total. The van der Waals surface area contributed by atoms with E-state index in [1.165, 1.54) is 0 Å². The summed E-state index contributed by atoms with van der Waals surface area (Å²) in [7, 11) is 1.59. The standard InChI is InChI=1S/C6H12O3/c1-8-6-4-5(7)2-3-9-6/h5-7H,2-4H2,1H3. The second kappa shape index (κ2) is 3.15. The van der Waals surface area contributed by atoms with E-state index in [0.717, 1.165) is 6.42 Å². The molecule has 0 aromatic rings. The SMILES string of the molecule is COC1CC(O)CCO1. The molecule has 0 amide bonds. The lowest BCUT2D eigenvalue weighted by Crippen LogP contribution is -2.29. The summed E-state index contributed by atoms with van der Waals surface area (Å²) in [5.74, 6) is 0. The Bertz CT molecular complexity index is 84.4. The summed E-state index contributed by atoms with van der Waals surface area (Å²) in [5, 5.41) is 9.05. The zero-order valence-corrected chi connectivity index (χ0v) is 5.54. The molecule has 3 heteroatoms. The Labute approximate surface area is 54.6 Å². The van der Waals surface area contributed by atoms with Crippen molar-refractivity contribution in [1.29, 1.82) is 0 Å². The molecule has 2 unspecified atom stereocenters. The average molecular weight is 132 g/mol. The fourth-order valence-corrected chi connectivity index (χ4v) is 0.908. The van der Waals surface area contributed by atoms with Crippen LogP contribution >= 0.6 is 0 Å². The highest BCUT2D eigenvalue weighted by Gasteiger charge is 2.19. The first-order valence-corrected chi connectivity index (χ1v) is 3.15. The third-order valence-corrected chi connectivity index (χ3v) is 1.48. The van der Waals surface area contributed by atoms with Crippen LogP contribution in [0.15, 0.2) is 0 Å². The number of hydrogen-bond donors (Lipinski definition) is 1. The Morgan fingerprint density at radius 1 is 1.67 bits per heavy atom. The summed E-state index contributed by atoms with van der Waals surface area (Å²) in [6, 6.07) is 0. The Morgan fingerprint density at radius 2 is 2.44 bits per heavy atom. The van der Waals surface area contributed by atoms with Gasteiger partial charge in [-0.25, -0.2) is 0 Å². The van der Waals surface area contributed by atoms with Crippen molar-refractivity contribution >= 4 is 0 Å². The van der Waals surface area contributed by atoms with E-state index >= 15 is 0 Å². The van der Waals surface area contributed by atoms with Crippen molar-refractivity contribution in [3.8, 4) is 0 Å². The predicted octanol–water partition coefficient (Wildman–Crippen LogP) is 0.130. The summed E-state index contributed by atoms with van der Waals surface area (Å²) in [5.41, 5.74) is 0. The van der Waals surface area contributed by atoms with Gasteiger partial charge in [-0.15, -0.1) is 0 Å². The molecule has 1 fully saturated rings. The van der Waals surface area contributed by atoms with Crippen molar-refractivity contribution < 1.29 is 14.6 Å². The maximum atomic E-state index is 9.05. The highest BCUT2D eigenvalue weighted by molar-refractivity contribution is 4.62. The lowest BCUT2D eigenvalue weighted by Gasteiger charge is -2.24. The van der Waals surface area contributed by atoms with Gasteiger partial charge in [-0.1, -0.05) is 0 Å². The van der Waals surface area contributed by atoms with Gasteiger partial charge in [0.2, 0.25) is 0 Å². The minimum Gasteiger partial charge on any atom is -0.393 e. The number of rotatable bonds is 1. The second-order valence-corrected chi connectivity index (χ2v) is 2.21. The van der Waals surface area contributed by atoms with E-state index in [0.29, 0.717) is 13.0 Å². The van der Waals surface area contributed by atoms with Gasteiger partial charge < -0.3 is 14.6 Å². The van der Waals surface area contributed by atoms with Crippen LogP contribution in [0.2, 0.25) is 0 Å². The van der Waals surface area contributed by atoms with Crippen LogP contribution in [0.1, 0.15) is 12.8 Å². The summed E-state index contributed by atoms with van der Waals surface area (Å²) in [4.78, 5) is 0. The van der Waals surface area contributed by atoms with Crippen LogP contribution < -0.4 is 0 Å². The molecule has 2 atom stereocenters. The maximum absolute atomic E-state index is 9.05. The minimum absolute atomic E-state index is 0.186. The van der Waals surface area contributed by atoms with E-state index in [1.807, 2.05) is 0 Å². The number of aliphatic hydroxyl groups is 1. The molecule has 0 saturated carbocycles. The highest BCUT2D eigenvalue weighted by Crippen LogP contribution is 2.13. The van der Waals surface area contributed by atoms with Gasteiger partial charge in [0.15, 0.2) is 6.29 Å². The zero-order chi connectivity index (χ0) is 6.69. The third kappa shape index (κ3) is 1.93. The third-order valence-electron chi connectivity index (χ3n) is 1.48. The normalized spacial score (nSPS) is 36.7. The average Bonchev–Trinajstić information content (AvgIpc) is 1.88. The van der Waals surface area contributed by atoms with Crippen LogP contribution in [0.3, 0.4) is 0 Å². The van der Waals surface area contributed by atoms with Crippen molar-refractivity contribution in [1.82, 2.24) is 0 Å².